The van der Waals surface area contributed by atoms with Gasteiger partial charge in [-0.3, -0.25) is 9.20 Å². The van der Waals surface area contributed by atoms with Crippen molar-refractivity contribution in [3.8, 4) is 11.5 Å². The highest BCUT2D eigenvalue weighted by Gasteiger charge is 2.39. The first-order valence-electron chi connectivity index (χ1n) is 11.4. The van der Waals surface area contributed by atoms with E-state index in [-0.39, 0.29) is 17.6 Å². The maximum absolute atomic E-state index is 14.2. The molecule has 2 atom stereocenters. The third kappa shape index (κ3) is 3.53. The summed E-state index contributed by atoms with van der Waals surface area (Å²) in [4.78, 5) is 24.8. The molecule has 9 nitrogen and oxygen atoms in total. The number of aliphatic hydroxyl groups is 1. The fraction of sp³-hybridized carbons (Fsp3) is 0.478. The summed E-state index contributed by atoms with van der Waals surface area (Å²) >= 11 is 0. The van der Waals surface area contributed by atoms with Crippen LogP contribution in [-0.2, 0) is 6.54 Å². The van der Waals surface area contributed by atoms with Crippen LogP contribution in [0.5, 0.6) is 0 Å². The van der Waals surface area contributed by atoms with Gasteiger partial charge < -0.3 is 19.1 Å². The molecule has 3 aromatic heterocycles. The van der Waals surface area contributed by atoms with Crippen LogP contribution >= 0.6 is 0 Å². The van der Waals surface area contributed by atoms with E-state index in [4.69, 9.17) is 4.52 Å². The van der Waals surface area contributed by atoms with Gasteiger partial charge in [0, 0.05) is 32.1 Å². The molecule has 2 fully saturated rings. The maximum Gasteiger partial charge on any atom is 0.277 e. The molecule has 1 saturated heterocycles. The van der Waals surface area contributed by atoms with Crippen molar-refractivity contribution in [3.63, 3.8) is 0 Å². The lowest BCUT2D eigenvalue weighted by Gasteiger charge is -2.29. The van der Waals surface area contributed by atoms with Crippen LogP contribution in [0.3, 0.4) is 0 Å². The molecule has 4 aromatic rings. The first-order valence-corrected chi connectivity index (χ1v) is 11.4. The van der Waals surface area contributed by atoms with E-state index in [1.165, 1.54) is 12.1 Å². The van der Waals surface area contributed by atoms with Gasteiger partial charge in [0.25, 0.3) is 5.56 Å². The Hall–Kier alpha value is -3.11. The first kappa shape index (κ1) is 20.5. The van der Waals surface area contributed by atoms with E-state index in [1.807, 2.05) is 0 Å². The summed E-state index contributed by atoms with van der Waals surface area (Å²) in [6.45, 7) is 4.70. The number of fused-ring (bicyclic) bond motifs is 3. The number of benzene rings is 1. The van der Waals surface area contributed by atoms with E-state index in [0.717, 1.165) is 32.4 Å². The average molecular weight is 452 g/mol. The molecule has 1 aliphatic heterocycles. The fourth-order valence-corrected chi connectivity index (χ4v) is 4.81. The standard InChI is InChI=1S/C23H25FN6O3/c1-13-10-16(13)22-26-21(27-33-22)19-20-23(32)29(9-8-28-6-4-15(31)5-7-28)18-11-14(24)2-3-17(18)30(20)12-25-19/h2-3,11-13,15-16,31H,4-10H2,1H3. The third-order valence-corrected chi connectivity index (χ3v) is 6.98. The number of nitrogens with zero attached hydrogens (tertiary/aromatic N) is 6. The van der Waals surface area contributed by atoms with Gasteiger partial charge in [-0.25, -0.2) is 9.37 Å². The lowest BCUT2D eigenvalue weighted by atomic mass is 10.1. The van der Waals surface area contributed by atoms with Crippen molar-refractivity contribution in [2.75, 3.05) is 19.6 Å². The summed E-state index contributed by atoms with van der Waals surface area (Å²) in [6.07, 6.45) is 3.75. The number of aromatic nitrogens is 5. The van der Waals surface area contributed by atoms with Crippen molar-refractivity contribution in [2.24, 2.45) is 5.92 Å². The topological polar surface area (TPSA) is 102 Å². The Bertz CT molecular complexity index is 1400. The second-order valence-electron chi connectivity index (χ2n) is 9.25. The van der Waals surface area contributed by atoms with Gasteiger partial charge in [-0.15, -0.1) is 0 Å². The Labute approximate surface area is 188 Å². The summed E-state index contributed by atoms with van der Waals surface area (Å²) < 4.78 is 22.9. The second kappa shape index (κ2) is 7.74. The molecule has 0 bridgehead atoms. The molecule has 1 N–H and O–H groups in total. The first-order chi connectivity index (χ1) is 16.0. The average Bonchev–Trinajstić information content (AvgIpc) is 3.18. The zero-order valence-electron chi connectivity index (χ0n) is 18.3. The van der Waals surface area contributed by atoms with Crippen LogP contribution < -0.4 is 5.56 Å². The molecular formula is C23H25FN6O3. The Morgan fingerprint density at radius 2 is 2.00 bits per heavy atom. The predicted octanol–water partition coefficient (Wildman–Crippen LogP) is 2.42. The van der Waals surface area contributed by atoms with Gasteiger partial charge in [-0.2, -0.15) is 4.98 Å². The molecule has 1 saturated carbocycles. The van der Waals surface area contributed by atoms with Gasteiger partial charge in [0.1, 0.15) is 23.4 Å². The number of imidazole rings is 1. The SMILES string of the molecule is CC1CC1c1nc(-c2ncn3c2c(=O)n(CCN2CCC(O)CC2)c2cc(F)ccc23)no1. The zero-order chi connectivity index (χ0) is 22.7. The van der Waals surface area contributed by atoms with Crippen LogP contribution in [0.4, 0.5) is 4.39 Å². The van der Waals surface area contributed by atoms with Crippen LogP contribution in [-0.4, -0.2) is 59.8 Å². The number of hydrogen-bond acceptors (Lipinski definition) is 7. The Balaban J connectivity index is 1.44. The Morgan fingerprint density at radius 3 is 2.76 bits per heavy atom. The minimum absolute atomic E-state index is 0.261. The number of likely N-dealkylation sites (tertiary alicyclic amines) is 1. The maximum atomic E-state index is 14.2. The van der Waals surface area contributed by atoms with Crippen LogP contribution in [0, 0.1) is 11.7 Å². The Morgan fingerprint density at radius 1 is 1.21 bits per heavy atom. The van der Waals surface area contributed by atoms with Crippen LogP contribution in [0.15, 0.2) is 33.8 Å². The van der Waals surface area contributed by atoms with Gasteiger partial charge in [0.05, 0.1) is 17.1 Å². The van der Waals surface area contributed by atoms with Gasteiger partial charge in [0.15, 0.2) is 0 Å². The molecule has 0 spiro atoms. The summed E-state index contributed by atoms with van der Waals surface area (Å²) in [7, 11) is 0. The van der Waals surface area contributed by atoms with Crippen LogP contribution in [0.25, 0.3) is 28.1 Å². The lowest BCUT2D eigenvalue weighted by Crippen LogP contribution is -2.39. The van der Waals surface area contributed by atoms with Crippen LogP contribution in [0.1, 0.15) is 38.0 Å². The van der Waals surface area contributed by atoms with Crippen molar-refractivity contribution in [1.29, 1.82) is 0 Å². The number of hydrogen-bond donors (Lipinski definition) is 1. The predicted molar refractivity (Wildman–Crippen MR) is 118 cm³/mol. The quantitative estimate of drug-likeness (QED) is 0.496. The van der Waals surface area contributed by atoms with Gasteiger partial charge >= 0.3 is 0 Å². The van der Waals surface area contributed by atoms with E-state index in [9.17, 15) is 14.3 Å². The summed E-state index contributed by atoms with van der Waals surface area (Å²) in [6, 6.07) is 4.42. The molecule has 2 aliphatic rings. The minimum Gasteiger partial charge on any atom is -0.393 e. The lowest BCUT2D eigenvalue weighted by molar-refractivity contribution is 0.0810. The van der Waals surface area contributed by atoms with Gasteiger partial charge in [-0.1, -0.05) is 12.1 Å². The minimum atomic E-state index is -0.405. The molecule has 2 unspecified atom stereocenters. The van der Waals surface area contributed by atoms with Gasteiger partial charge in [0.2, 0.25) is 11.7 Å². The largest absolute Gasteiger partial charge is 0.393 e. The van der Waals surface area contributed by atoms with E-state index >= 15 is 0 Å². The summed E-state index contributed by atoms with van der Waals surface area (Å²) in [5.41, 5.74) is 1.62. The van der Waals surface area contributed by atoms with Crippen molar-refractivity contribution in [2.45, 2.75) is 44.8 Å². The fourth-order valence-electron chi connectivity index (χ4n) is 4.81. The smallest absolute Gasteiger partial charge is 0.277 e. The molecule has 0 radical (unpaired) electrons. The summed E-state index contributed by atoms with van der Waals surface area (Å²) in [5.74, 6) is 1.25. The highest BCUT2D eigenvalue weighted by Crippen LogP contribution is 2.46. The molecule has 172 valence electrons. The zero-order valence-corrected chi connectivity index (χ0v) is 18.3. The molecule has 4 heterocycles. The summed E-state index contributed by atoms with van der Waals surface area (Å²) in [5, 5.41) is 13.9. The van der Waals surface area contributed by atoms with E-state index in [0.29, 0.717) is 53.0 Å². The molecule has 0 amide bonds. The molecule has 1 aromatic carbocycles. The molecule has 33 heavy (non-hydrogen) atoms. The normalized spacial score (nSPS) is 21.9. The highest BCUT2D eigenvalue weighted by atomic mass is 19.1. The van der Waals surface area contributed by atoms with Crippen molar-refractivity contribution >= 4 is 16.6 Å². The van der Waals surface area contributed by atoms with Crippen LogP contribution in [0.2, 0.25) is 0 Å². The number of halogens is 1. The van der Waals surface area contributed by atoms with Crippen molar-refractivity contribution < 1.29 is 14.0 Å². The van der Waals surface area contributed by atoms with E-state index in [1.54, 1.807) is 21.4 Å². The number of piperidine rings is 1. The Kier molecular flexibility index (Phi) is 4.81. The van der Waals surface area contributed by atoms with Crippen molar-refractivity contribution in [1.82, 2.24) is 29.0 Å². The molecule has 10 heteroatoms. The van der Waals surface area contributed by atoms with E-state index < -0.39 is 5.82 Å². The van der Waals surface area contributed by atoms with E-state index in [2.05, 4.69) is 26.9 Å². The number of rotatable bonds is 5. The third-order valence-electron chi connectivity index (χ3n) is 6.98. The number of aliphatic hydroxyl groups excluding tert-OH is 1. The van der Waals surface area contributed by atoms with Crippen molar-refractivity contribution in [3.05, 3.63) is 46.6 Å². The molecule has 1 aliphatic carbocycles. The monoisotopic (exact) mass is 452 g/mol. The highest BCUT2D eigenvalue weighted by molar-refractivity contribution is 5.83. The molecule has 6 rings (SSSR count). The molecular weight excluding hydrogens is 427 g/mol. The van der Waals surface area contributed by atoms with Gasteiger partial charge in [-0.05, 0) is 43.4 Å². The second-order valence-corrected chi connectivity index (χ2v) is 9.25.